The normalized spacial score (nSPS) is 13.2. The number of pyridine rings is 1. The van der Waals surface area contributed by atoms with E-state index in [0.29, 0.717) is 5.92 Å². The van der Waals surface area contributed by atoms with Crippen molar-refractivity contribution in [3.05, 3.63) is 71.0 Å². The zero-order valence-corrected chi connectivity index (χ0v) is 33.2. The molecule has 0 aliphatic rings. The number of allylic oxidation sites excluding steroid dienone is 2. The molecule has 1 heterocycles. The van der Waals surface area contributed by atoms with Gasteiger partial charge in [-0.15, -0.1) is 34.9 Å². The summed E-state index contributed by atoms with van der Waals surface area (Å²) in [5, 5.41) is 13.0. The number of aliphatic hydroxyl groups is 1. The minimum absolute atomic E-state index is 0. The van der Waals surface area contributed by atoms with Crippen LogP contribution in [0.1, 0.15) is 110 Å². The molecule has 0 fully saturated rings. The Balaban J connectivity index is 0.000000473. The third kappa shape index (κ3) is 9.47. The van der Waals surface area contributed by atoms with Crippen LogP contribution < -0.4 is 5.19 Å². The largest absolute Gasteiger partial charge is 0.512 e. The predicted molar refractivity (Wildman–Crippen MR) is 190 cm³/mol. The van der Waals surface area contributed by atoms with Gasteiger partial charge in [0.25, 0.3) is 0 Å². The van der Waals surface area contributed by atoms with Gasteiger partial charge in [-0.05, 0) is 55.3 Å². The molecule has 0 amide bonds. The maximum atomic E-state index is 12.2. The van der Waals surface area contributed by atoms with E-state index in [1.165, 1.54) is 33.3 Å². The maximum absolute atomic E-state index is 12.2. The topological polar surface area (TPSA) is 50.2 Å². The van der Waals surface area contributed by atoms with Crippen molar-refractivity contribution >= 4 is 29.9 Å². The molecule has 245 valence electrons. The number of aromatic nitrogens is 1. The summed E-state index contributed by atoms with van der Waals surface area (Å²) in [6.07, 6.45) is 5.89. The van der Waals surface area contributed by atoms with Gasteiger partial charge in [0, 0.05) is 42.4 Å². The second-order valence-electron chi connectivity index (χ2n) is 14.0. The van der Waals surface area contributed by atoms with Crippen LogP contribution >= 0.6 is 0 Å². The van der Waals surface area contributed by atoms with E-state index in [1.807, 2.05) is 41.5 Å². The molecule has 2 aromatic carbocycles. The summed E-state index contributed by atoms with van der Waals surface area (Å²) in [4.78, 5) is 17.2. The molecule has 44 heavy (non-hydrogen) atoms. The molecule has 0 saturated carbocycles. The van der Waals surface area contributed by atoms with Crippen LogP contribution in [0, 0.1) is 30.7 Å². The minimum Gasteiger partial charge on any atom is -0.512 e. The molecule has 5 heteroatoms. The Labute approximate surface area is 283 Å². The molecule has 0 bridgehead atoms. The Kier molecular flexibility index (Phi) is 15.0. The number of hydrogen-bond acceptors (Lipinski definition) is 3. The van der Waals surface area contributed by atoms with Gasteiger partial charge >= 0.3 is 0 Å². The van der Waals surface area contributed by atoms with E-state index in [0.717, 1.165) is 48.9 Å². The molecule has 0 aliphatic carbocycles. The van der Waals surface area contributed by atoms with Crippen LogP contribution in [0.3, 0.4) is 0 Å². The Hall–Kier alpha value is -2.07. The first-order valence-corrected chi connectivity index (χ1v) is 19.9. The number of benzene rings is 2. The molecule has 1 aromatic heterocycles. The molecule has 0 aliphatic heterocycles. The molecular weight excluding hydrogens is 735 g/mol. The third-order valence-electron chi connectivity index (χ3n) is 10.2. The summed E-state index contributed by atoms with van der Waals surface area (Å²) in [6.45, 7) is 28.2. The summed E-state index contributed by atoms with van der Waals surface area (Å²) in [5.41, 5.74) is 6.61. The van der Waals surface area contributed by atoms with Gasteiger partial charge in [-0.25, -0.2) is 0 Å². The van der Waals surface area contributed by atoms with Crippen molar-refractivity contribution in [2.75, 3.05) is 0 Å². The standard InChI is InChI=1S/C24H30NSi.C15H28O2.Ir/c1-8-16(2)21-15-24(19-10-9-17(3)18(4)13-19)25-23-12-11-20(14-22(21)23)26(5,6)7;1-7-14(5,8-2)12(16)11-13(17)15(6,9-3)10-4;/h9,11-16H,8H2,1-7H3;11,16H,7-10H2,1-6H3;/q-1;;/b;12-11-;. The number of aryl methyl sites for hydroxylation is 2. The summed E-state index contributed by atoms with van der Waals surface area (Å²) in [5.74, 6) is 0.802. The molecule has 1 N–H and O–H groups in total. The fourth-order valence-electron chi connectivity index (χ4n) is 4.99. The summed E-state index contributed by atoms with van der Waals surface area (Å²) >= 11 is 0. The summed E-state index contributed by atoms with van der Waals surface area (Å²) in [7, 11) is -1.34. The average Bonchev–Trinajstić information content (AvgIpc) is 2.99. The van der Waals surface area contributed by atoms with Crippen molar-refractivity contribution in [2.45, 2.75) is 127 Å². The number of ketones is 1. The number of hydrogen-bond donors (Lipinski definition) is 1. The van der Waals surface area contributed by atoms with E-state index >= 15 is 0 Å². The fourth-order valence-corrected chi connectivity index (χ4v) is 6.15. The minimum atomic E-state index is -1.34. The van der Waals surface area contributed by atoms with Gasteiger partial charge in [0.2, 0.25) is 0 Å². The van der Waals surface area contributed by atoms with E-state index < -0.39 is 8.07 Å². The molecule has 3 rings (SSSR count). The van der Waals surface area contributed by atoms with Gasteiger partial charge in [-0.3, -0.25) is 9.78 Å². The SMILES string of the molecule is CCC(C)(CC)C(=O)/C=C(\O)C(C)(CC)CC.CCC(C)c1cc(-c2[c-]cc(C)c(C)c2)nc2ccc([Si](C)(C)C)cc12.[Ir]. The van der Waals surface area contributed by atoms with Crippen molar-refractivity contribution in [3.8, 4) is 11.3 Å². The first-order valence-electron chi connectivity index (χ1n) is 16.4. The van der Waals surface area contributed by atoms with Crippen LogP contribution in [-0.4, -0.2) is 23.9 Å². The molecule has 3 nitrogen and oxygen atoms in total. The van der Waals surface area contributed by atoms with Crippen LogP contribution in [0.5, 0.6) is 0 Å². The summed E-state index contributed by atoms with van der Waals surface area (Å²) < 4.78 is 0. The van der Waals surface area contributed by atoms with Crippen LogP contribution in [-0.2, 0) is 24.9 Å². The Morgan fingerprint density at radius 2 is 1.50 bits per heavy atom. The Morgan fingerprint density at radius 3 is 1.98 bits per heavy atom. The number of rotatable bonds is 11. The van der Waals surface area contributed by atoms with E-state index in [-0.39, 0.29) is 42.5 Å². The van der Waals surface area contributed by atoms with E-state index in [2.05, 4.69) is 89.8 Å². The molecule has 1 atom stereocenters. The Morgan fingerprint density at radius 1 is 0.932 bits per heavy atom. The van der Waals surface area contributed by atoms with Gasteiger partial charge < -0.3 is 5.11 Å². The quantitative estimate of drug-likeness (QED) is 0.0911. The number of carbonyl (C=O) groups excluding carboxylic acids is 1. The number of aliphatic hydroxyl groups excluding tert-OH is 1. The van der Waals surface area contributed by atoms with Crippen LogP contribution in [0.15, 0.2) is 48.2 Å². The first-order chi connectivity index (χ1) is 20.0. The zero-order chi connectivity index (χ0) is 32.8. The molecule has 1 unspecified atom stereocenters. The van der Waals surface area contributed by atoms with Gasteiger partial charge in [-0.1, -0.05) is 112 Å². The second kappa shape index (κ2) is 16.5. The third-order valence-corrected chi connectivity index (χ3v) is 12.2. The molecule has 0 spiro atoms. The number of fused-ring (bicyclic) bond motifs is 1. The smallest absolute Gasteiger partial charge is 0.164 e. The number of carbonyl (C=O) groups is 1. The summed E-state index contributed by atoms with van der Waals surface area (Å²) in [6, 6.07) is 16.9. The van der Waals surface area contributed by atoms with Gasteiger partial charge in [0.15, 0.2) is 5.78 Å². The van der Waals surface area contributed by atoms with Crippen molar-refractivity contribution in [2.24, 2.45) is 10.8 Å². The van der Waals surface area contributed by atoms with Gasteiger partial charge in [0.05, 0.1) is 13.6 Å². The predicted octanol–water partition coefficient (Wildman–Crippen LogP) is 11.0. The monoisotopic (exact) mass is 793 g/mol. The van der Waals surface area contributed by atoms with Crippen molar-refractivity contribution in [3.63, 3.8) is 0 Å². The second-order valence-corrected chi connectivity index (χ2v) is 19.1. The zero-order valence-electron chi connectivity index (χ0n) is 29.8. The molecule has 3 aromatic rings. The maximum Gasteiger partial charge on any atom is 0.164 e. The number of nitrogens with zero attached hydrogens (tertiary/aromatic N) is 1. The molecule has 0 saturated heterocycles. The van der Waals surface area contributed by atoms with Crippen LogP contribution in [0.2, 0.25) is 19.6 Å². The van der Waals surface area contributed by atoms with Crippen molar-refractivity contribution < 1.29 is 30.0 Å². The van der Waals surface area contributed by atoms with Crippen LogP contribution in [0.4, 0.5) is 0 Å². The average molecular weight is 793 g/mol. The fraction of sp³-hybridized carbons (Fsp3) is 0.538. The van der Waals surface area contributed by atoms with Crippen LogP contribution in [0.25, 0.3) is 22.2 Å². The Bertz CT molecular complexity index is 1430. The molecular formula is C39H58IrNO2Si-. The van der Waals surface area contributed by atoms with E-state index in [4.69, 9.17) is 4.98 Å². The van der Waals surface area contributed by atoms with Crippen molar-refractivity contribution in [1.82, 2.24) is 4.98 Å². The van der Waals surface area contributed by atoms with Crippen molar-refractivity contribution in [1.29, 1.82) is 0 Å². The first kappa shape index (κ1) is 40.0. The van der Waals surface area contributed by atoms with Gasteiger partial charge in [-0.2, -0.15) is 0 Å². The molecule has 1 radical (unpaired) electrons. The van der Waals surface area contributed by atoms with Gasteiger partial charge in [0.1, 0.15) is 5.76 Å². The van der Waals surface area contributed by atoms with E-state index in [1.54, 1.807) is 0 Å². The van der Waals surface area contributed by atoms with E-state index in [9.17, 15) is 9.90 Å².